The predicted molar refractivity (Wildman–Crippen MR) is 88.3 cm³/mol. The van der Waals surface area contributed by atoms with E-state index in [4.69, 9.17) is 0 Å². The molecule has 1 rings (SSSR count). The summed E-state index contributed by atoms with van der Waals surface area (Å²) in [5.41, 5.74) is 0.771. The Kier molecular flexibility index (Phi) is 7.90. The third kappa shape index (κ3) is 5.26. The number of halogens is 2. The number of rotatable bonds is 7. The summed E-state index contributed by atoms with van der Waals surface area (Å²) in [6, 6.07) is 7.68. The zero-order valence-corrected chi connectivity index (χ0v) is 14.3. The SMILES string of the molecule is CCCC(CCBr)CNC(=O)c1ccccc1I. The van der Waals surface area contributed by atoms with E-state index in [1.807, 2.05) is 24.3 Å². The molecular formula is C14H19BrINO. The molecule has 0 aliphatic heterocycles. The van der Waals surface area contributed by atoms with Crippen LogP contribution in [0.25, 0.3) is 0 Å². The third-order valence-electron chi connectivity index (χ3n) is 2.88. The molecule has 0 aliphatic carbocycles. The number of hydrogen-bond acceptors (Lipinski definition) is 1. The van der Waals surface area contributed by atoms with Crippen molar-refractivity contribution in [2.24, 2.45) is 5.92 Å². The van der Waals surface area contributed by atoms with Gasteiger partial charge in [-0.1, -0.05) is 41.4 Å². The molecule has 1 aromatic carbocycles. The highest BCUT2D eigenvalue weighted by molar-refractivity contribution is 14.1. The van der Waals surface area contributed by atoms with E-state index in [1.165, 1.54) is 0 Å². The van der Waals surface area contributed by atoms with Crippen LogP contribution >= 0.6 is 38.5 Å². The molecule has 100 valence electrons. The Morgan fingerprint density at radius 2 is 2.11 bits per heavy atom. The van der Waals surface area contributed by atoms with Gasteiger partial charge in [-0.25, -0.2) is 0 Å². The van der Waals surface area contributed by atoms with Gasteiger partial charge in [-0.2, -0.15) is 0 Å². The van der Waals surface area contributed by atoms with Crippen LogP contribution in [-0.4, -0.2) is 17.8 Å². The second-order valence-electron chi connectivity index (χ2n) is 4.32. The van der Waals surface area contributed by atoms with Crippen LogP contribution in [0.1, 0.15) is 36.5 Å². The largest absolute Gasteiger partial charge is 0.352 e. The molecule has 18 heavy (non-hydrogen) atoms. The highest BCUT2D eigenvalue weighted by atomic mass is 127. The van der Waals surface area contributed by atoms with Gasteiger partial charge in [0.25, 0.3) is 5.91 Å². The van der Waals surface area contributed by atoms with Gasteiger partial charge in [0, 0.05) is 15.4 Å². The summed E-state index contributed by atoms with van der Waals surface area (Å²) in [4.78, 5) is 12.1. The van der Waals surface area contributed by atoms with Crippen LogP contribution in [-0.2, 0) is 0 Å². The van der Waals surface area contributed by atoms with Crippen molar-refractivity contribution in [3.05, 3.63) is 33.4 Å². The topological polar surface area (TPSA) is 29.1 Å². The summed E-state index contributed by atoms with van der Waals surface area (Å²) in [5.74, 6) is 0.607. The minimum Gasteiger partial charge on any atom is -0.352 e. The normalized spacial score (nSPS) is 12.2. The molecule has 0 aliphatic rings. The Bertz CT molecular complexity index is 378. The first-order valence-corrected chi connectivity index (χ1v) is 8.47. The van der Waals surface area contributed by atoms with Crippen molar-refractivity contribution in [1.29, 1.82) is 0 Å². The van der Waals surface area contributed by atoms with E-state index in [0.717, 1.165) is 40.3 Å². The Labute approximate surface area is 131 Å². The van der Waals surface area contributed by atoms with Crippen molar-refractivity contribution in [3.8, 4) is 0 Å². The molecule has 0 heterocycles. The fourth-order valence-corrected chi connectivity index (χ4v) is 3.17. The van der Waals surface area contributed by atoms with Crippen LogP contribution in [0.15, 0.2) is 24.3 Å². The van der Waals surface area contributed by atoms with E-state index in [-0.39, 0.29) is 5.91 Å². The van der Waals surface area contributed by atoms with Crippen molar-refractivity contribution in [2.45, 2.75) is 26.2 Å². The molecular weight excluding hydrogens is 405 g/mol. The van der Waals surface area contributed by atoms with Crippen molar-refractivity contribution >= 4 is 44.4 Å². The molecule has 0 spiro atoms. The van der Waals surface area contributed by atoms with Crippen LogP contribution < -0.4 is 5.32 Å². The van der Waals surface area contributed by atoms with Gasteiger partial charge < -0.3 is 5.32 Å². The van der Waals surface area contributed by atoms with Crippen molar-refractivity contribution < 1.29 is 4.79 Å². The molecule has 4 heteroatoms. The molecule has 1 amide bonds. The molecule has 1 atom stereocenters. The standard InChI is InChI=1S/C14H19BrINO/c1-2-5-11(8-9-15)10-17-14(18)12-6-3-4-7-13(12)16/h3-4,6-7,11H,2,5,8-10H2,1H3,(H,17,18). The summed E-state index contributed by atoms with van der Waals surface area (Å²) < 4.78 is 1.00. The van der Waals surface area contributed by atoms with E-state index in [0.29, 0.717) is 5.92 Å². The quantitative estimate of drug-likeness (QED) is 0.516. The lowest BCUT2D eigenvalue weighted by Gasteiger charge is -2.16. The fourth-order valence-electron chi connectivity index (χ4n) is 1.89. The van der Waals surface area contributed by atoms with Crippen LogP contribution in [0.4, 0.5) is 0 Å². The Morgan fingerprint density at radius 1 is 1.39 bits per heavy atom. The van der Waals surface area contributed by atoms with E-state index in [1.54, 1.807) is 0 Å². The molecule has 2 nitrogen and oxygen atoms in total. The molecule has 1 aromatic rings. The lowest BCUT2D eigenvalue weighted by molar-refractivity contribution is 0.0945. The number of amides is 1. The zero-order chi connectivity index (χ0) is 13.4. The summed E-state index contributed by atoms with van der Waals surface area (Å²) in [6.45, 7) is 2.95. The van der Waals surface area contributed by atoms with Crippen LogP contribution in [0.3, 0.4) is 0 Å². The van der Waals surface area contributed by atoms with Gasteiger partial charge in [0.15, 0.2) is 0 Å². The van der Waals surface area contributed by atoms with Gasteiger partial charge in [0.2, 0.25) is 0 Å². The van der Waals surface area contributed by atoms with Crippen molar-refractivity contribution in [1.82, 2.24) is 5.32 Å². The van der Waals surface area contributed by atoms with E-state index in [9.17, 15) is 4.79 Å². The second kappa shape index (κ2) is 8.91. The highest BCUT2D eigenvalue weighted by Gasteiger charge is 2.12. The molecule has 0 bridgehead atoms. The molecule has 0 fully saturated rings. The Balaban J connectivity index is 2.52. The van der Waals surface area contributed by atoms with Gasteiger partial charge in [0.1, 0.15) is 0 Å². The Hall–Kier alpha value is -0.100. The lowest BCUT2D eigenvalue weighted by Crippen LogP contribution is -2.30. The first-order chi connectivity index (χ1) is 8.69. The third-order valence-corrected chi connectivity index (χ3v) is 4.28. The number of benzene rings is 1. The Morgan fingerprint density at radius 3 is 2.72 bits per heavy atom. The number of alkyl halides is 1. The molecule has 0 saturated heterocycles. The molecule has 1 N–H and O–H groups in total. The minimum atomic E-state index is 0.0377. The van der Waals surface area contributed by atoms with Gasteiger partial charge in [-0.3, -0.25) is 4.79 Å². The fraction of sp³-hybridized carbons (Fsp3) is 0.500. The first-order valence-electron chi connectivity index (χ1n) is 6.27. The summed E-state index contributed by atoms with van der Waals surface area (Å²) in [5, 5.41) is 4.04. The lowest BCUT2D eigenvalue weighted by atomic mass is 10.0. The summed E-state index contributed by atoms with van der Waals surface area (Å²) >= 11 is 5.67. The van der Waals surface area contributed by atoms with Gasteiger partial charge >= 0.3 is 0 Å². The number of carbonyl (C=O) groups excluding carboxylic acids is 1. The smallest absolute Gasteiger partial charge is 0.252 e. The highest BCUT2D eigenvalue weighted by Crippen LogP contribution is 2.14. The number of carbonyl (C=O) groups is 1. The average Bonchev–Trinajstić information content (AvgIpc) is 2.36. The van der Waals surface area contributed by atoms with E-state index in [2.05, 4.69) is 50.8 Å². The molecule has 0 saturated carbocycles. The average molecular weight is 424 g/mol. The summed E-state index contributed by atoms with van der Waals surface area (Å²) in [7, 11) is 0. The van der Waals surface area contributed by atoms with Crippen molar-refractivity contribution in [3.63, 3.8) is 0 Å². The first kappa shape index (κ1) is 16.0. The van der Waals surface area contributed by atoms with Crippen LogP contribution in [0, 0.1) is 9.49 Å². The van der Waals surface area contributed by atoms with Gasteiger partial charge in [0.05, 0.1) is 5.56 Å². The van der Waals surface area contributed by atoms with Crippen molar-refractivity contribution in [2.75, 3.05) is 11.9 Å². The maximum absolute atomic E-state index is 12.1. The molecule has 1 unspecified atom stereocenters. The number of nitrogens with one attached hydrogen (secondary N) is 1. The minimum absolute atomic E-state index is 0.0377. The van der Waals surface area contributed by atoms with E-state index >= 15 is 0 Å². The van der Waals surface area contributed by atoms with Crippen LogP contribution in [0.5, 0.6) is 0 Å². The predicted octanol–water partition coefficient (Wildman–Crippen LogP) is 4.22. The monoisotopic (exact) mass is 423 g/mol. The molecule has 0 radical (unpaired) electrons. The van der Waals surface area contributed by atoms with E-state index < -0.39 is 0 Å². The summed E-state index contributed by atoms with van der Waals surface area (Å²) in [6.07, 6.45) is 3.44. The maximum atomic E-state index is 12.1. The second-order valence-corrected chi connectivity index (χ2v) is 6.28. The zero-order valence-electron chi connectivity index (χ0n) is 10.6. The van der Waals surface area contributed by atoms with Gasteiger partial charge in [-0.15, -0.1) is 0 Å². The van der Waals surface area contributed by atoms with Gasteiger partial charge in [-0.05, 0) is 53.5 Å². The number of hydrogen-bond donors (Lipinski definition) is 1. The van der Waals surface area contributed by atoms with Crippen LogP contribution in [0.2, 0.25) is 0 Å². The molecule has 0 aromatic heterocycles. The maximum Gasteiger partial charge on any atom is 0.252 e.